The van der Waals surface area contributed by atoms with E-state index in [-0.39, 0.29) is 24.2 Å². The summed E-state index contributed by atoms with van der Waals surface area (Å²) in [5, 5.41) is 15.8. The number of nitrogens with one attached hydrogen (secondary N) is 4. The Morgan fingerprint density at radius 3 is 2.36 bits per heavy atom. The van der Waals surface area contributed by atoms with Crippen molar-refractivity contribution in [2.75, 3.05) is 7.11 Å². The zero-order valence-corrected chi connectivity index (χ0v) is 26.0. The molecular formula is C35H38N4O5. The van der Waals surface area contributed by atoms with Crippen LogP contribution in [-0.2, 0) is 20.7 Å². The molecule has 8 bridgehead atoms. The molecule has 2 aliphatic heterocycles. The number of carboxylic acids is 1. The standard InChI is InChI=1S/C35H38N4O5/c1-8-19-15(3)22-12-24-17(5)21(10-11-28(40)44-7)32(38-24)30-31(35(42)43)34(41)29-18(6)25(39-33(29)30)14-27-20(9-2)16(4)23(37-27)13-26(19)36-22/h8,12-14,17,21,31,36-39H,1,9-11H2,2-7H3,(H,42,43)/b23-13-,24-12-,27-14-,32-30-/t17-,21-,31+/m0/s1. The fourth-order valence-electron chi connectivity index (χ4n) is 7.27. The van der Waals surface area contributed by atoms with Crippen LogP contribution in [0.1, 0.15) is 87.6 Å². The van der Waals surface area contributed by atoms with Crippen LogP contribution in [-0.4, -0.2) is 44.9 Å². The first-order chi connectivity index (χ1) is 21.0. The molecule has 5 heterocycles. The quantitative estimate of drug-likeness (QED) is 0.214. The van der Waals surface area contributed by atoms with Gasteiger partial charge in [-0.1, -0.05) is 26.5 Å². The molecule has 3 atom stereocenters. The number of H-pyrrole nitrogens is 3. The molecule has 1 aliphatic carbocycles. The van der Waals surface area contributed by atoms with E-state index in [9.17, 15) is 19.5 Å². The molecule has 44 heavy (non-hydrogen) atoms. The van der Waals surface area contributed by atoms with E-state index in [2.05, 4.69) is 53.7 Å². The molecule has 6 rings (SSSR count). The second-order valence-corrected chi connectivity index (χ2v) is 12.0. The molecule has 0 amide bonds. The van der Waals surface area contributed by atoms with E-state index in [4.69, 9.17) is 4.74 Å². The maximum atomic E-state index is 13.8. The average Bonchev–Trinajstić information content (AvgIpc) is 3.72. The number of allylic oxidation sites excluding steroid dienone is 2. The van der Waals surface area contributed by atoms with Gasteiger partial charge < -0.3 is 30.1 Å². The minimum absolute atomic E-state index is 0.101. The molecule has 3 aromatic rings. The highest BCUT2D eigenvalue weighted by Crippen LogP contribution is 2.48. The van der Waals surface area contributed by atoms with Gasteiger partial charge in [-0.25, -0.2) is 0 Å². The van der Waals surface area contributed by atoms with Crippen LogP contribution in [0.2, 0.25) is 0 Å². The number of hydrogen-bond acceptors (Lipinski definition) is 5. The number of carboxylic acid groups (broad SMARTS) is 1. The number of hydrogen-bond donors (Lipinski definition) is 5. The van der Waals surface area contributed by atoms with Gasteiger partial charge in [-0.15, -0.1) is 0 Å². The number of aromatic nitrogens is 3. The molecule has 1 saturated heterocycles. The molecular weight excluding hydrogens is 556 g/mol. The number of methoxy groups -OCH3 is 1. The van der Waals surface area contributed by atoms with Gasteiger partial charge in [0.2, 0.25) is 0 Å². The number of fused-ring (bicyclic) bond motifs is 7. The van der Waals surface area contributed by atoms with E-state index in [1.54, 1.807) is 0 Å². The maximum Gasteiger partial charge on any atom is 0.319 e. The van der Waals surface area contributed by atoms with Crippen molar-refractivity contribution in [2.24, 2.45) is 17.8 Å². The van der Waals surface area contributed by atoms with Gasteiger partial charge in [-0.2, -0.15) is 0 Å². The lowest BCUT2D eigenvalue weighted by Crippen LogP contribution is -2.24. The van der Waals surface area contributed by atoms with Crippen molar-refractivity contribution in [1.29, 1.82) is 0 Å². The van der Waals surface area contributed by atoms with Crippen LogP contribution in [0.3, 0.4) is 0 Å². The first-order valence-electron chi connectivity index (χ1n) is 15.1. The summed E-state index contributed by atoms with van der Waals surface area (Å²) in [6.45, 7) is 14.3. The maximum absolute atomic E-state index is 13.8. The molecule has 0 aromatic carbocycles. The molecule has 3 aromatic heterocycles. The van der Waals surface area contributed by atoms with Crippen molar-refractivity contribution >= 4 is 47.6 Å². The molecule has 0 unspecified atom stereocenters. The van der Waals surface area contributed by atoms with Gasteiger partial charge in [-0.05, 0) is 74.1 Å². The van der Waals surface area contributed by atoms with Crippen LogP contribution in [0.4, 0.5) is 0 Å². The van der Waals surface area contributed by atoms with Crippen molar-refractivity contribution in [3.8, 4) is 0 Å². The lowest BCUT2D eigenvalue weighted by atomic mass is 9.85. The van der Waals surface area contributed by atoms with Gasteiger partial charge in [-0.3, -0.25) is 14.4 Å². The zero-order valence-electron chi connectivity index (χ0n) is 26.0. The largest absolute Gasteiger partial charge is 0.480 e. The average molecular weight is 595 g/mol. The molecule has 3 aliphatic rings. The Bertz CT molecular complexity index is 1960. The van der Waals surface area contributed by atoms with Gasteiger partial charge in [0.25, 0.3) is 0 Å². The number of Topliss-reactive ketones (excluding diaryl/α,β-unsaturated/α-hetero) is 1. The highest BCUT2D eigenvalue weighted by atomic mass is 16.5. The summed E-state index contributed by atoms with van der Waals surface area (Å²) in [5.74, 6) is -3.68. The van der Waals surface area contributed by atoms with E-state index in [0.717, 1.165) is 62.2 Å². The van der Waals surface area contributed by atoms with Crippen molar-refractivity contribution in [3.05, 3.63) is 84.8 Å². The monoisotopic (exact) mass is 594 g/mol. The molecule has 5 N–H and O–H groups in total. The first-order valence-corrected chi connectivity index (χ1v) is 15.1. The number of aliphatic carboxylic acids is 1. The number of carbonyl (C=O) groups is 3. The van der Waals surface area contributed by atoms with Crippen LogP contribution < -0.4 is 16.0 Å². The van der Waals surface area contributed by atoms with E-state index in [1.165, 1.54) is 7.11 Å². The van der Waals surface area contributed by atoms with Crippen LogP contribution in [0.5, 0.6) is 0 Å². The summed E-state index contributed by atoms with van der Waals surface area (Å²) < 4.78 is 4.94. The van der Waals surface area contributed by atoms with Crippen molar-refractivity contribution in [2.45, 2.75) is 53.9 Å². The Kier molecular flexibility index (Phi) is 7.14. The first kappa shape index (κ1) is 29.3. The predicted molar refractivity (Wildman–Crippen MR) is 170 cm³/mol. The topological polar surface area (TPSA) is 140 Å². The fourth-order valence-corrected chi connectivity index (χ4v) is 7.27. The van der Waals surface area contributed by atoms with Crippen molar-refractivity contribution < 1.29 is 24.2 Å². The summed E-state index contributed by atoms with van der Waals surface area (Å²) >= 11 is 0. The third kappa shape index (κ3) is 4.32. The smallest absolute Gasteiger partial charge is 0.319 e. The SMILES string of the molecule is C=Cc1c2[nH]c(c1C)/C=C1\N/C(=C3\c4[nH]c(c(C)c4C(=O)[C@@H]3C(=O)O)/C=c3\[nH]/c(c(C)c3CC)=C\2)[C@@H](CCC(=O)OC)[C@@H]1C. The lowest BCUT2D eigenvalue weighted by Gasteiger charge is -2.19. The Labute approximate surface area is 255 Å². The van der Waals surface area contributed by atoms with Crippen LogP contribution in [0, 0.1) is 38.5 Å². The molecule has 0 saturated carbocycles. The third-order valence-electron chi connectivity index (χ3n) is 9.78. The van der Waals surface area contributed by atoms with Crippen LogP contribution in [0.25, 0.3) is 29.9 Å². The van der Waals surface area contributed by atoms with Gasteiger partial charge in [0.05, 0.1) is 12.8 Å². The number of carbonyl (C=O) groups excluding carboxylic acids is 2. The van der Waals surface area contributed by atoms with Gasteiger partial charge >= 0.3 is 11.9 Å². The normalized spacial score (nSPS) is 24.5. The Morgan fingerprint density at radius 2 is 1.70 bits per heavy atom. The molecule has 0 spiro atoms. The Morgan fingerprint density at radius 1 is 1.00 bits per heavy atom. The summed E-state index contributed by atoms with van der Waals surface area (Å²) in [4.78, 5) is 49.4. The van der Waals surface area contributed by atoms with Crippen LogP contribution >= 0.6 is 0 Å². The lowest BCUT2D eigenvalue weighted by molar-refractivity contribution is -0.141. The van der Waals surface area contributed by atoms with Gasteiger partial charge in [0, 0.05) is 74.1 Å². The van der Waals surface area contributed by atoms with Gasteiger partial charge in [0.15, 0.2) is 5.78 Å². The number of rotatable bonds is 6. The number of esters is 1. The zero-order chi connectivity index (χ0) is 31.6. The highest BCUT2D eigenvalue weighted by molar-refractivity contribution is 6.24. The summed E-state index contributed by atoms with van der Waals surface area (Å²) in [5.41, 5.74) is 10.5. The second-order valence-electron chi connectivity index (χ2n) is 12.0. The fraction of sp³-hybridized carbons (Fsp3) is 0.343. The third-order valence-corrected chi connectivity index (χ3v) is 9.78. The molecule has 0 radical (unpaired) electrons. The minimum Gasteiger partial charge on any atom is -0.480 e. The highest BCUT2D eigenvalue weighted by Gasteiger charge is 2.48. The minimum atomic E-state index is -1.36. The molecule has 228 valence electrons. The second kappa shape index (κ2) is 10.7. The van der Waals surface area contributed by atoms with E-state index in [0.29, 0.717) is 34.5 Å². The van der Waals surface area contributed by atoms with E-state index < -0.39 is 17.7 Å². The molecule has 9 heteroatoms. The summed E-state index contributed by atoms with van der Waals surface area (Å²) in [7, 11) is 1.36. The number of ether oxygens (including phenoxy) is 1. The molecule has 1 fully saturated rings. The van der Waals surface area contributed by atoms with Crippen molar-refractivity contribution in [3.63, 3.8) is 0 Å². The predicted octanol–water partition coefficient (Wildman–Crippen LogP) is 4.23. The Balaban J connectivity index is 1.72. The van der Waals surface area contributed by atoms with Crippen LogP contribution in [0.15, 0.2) is 18.0 Å². The number of ketones is 1. The Hall–Kier alpha value is -4.79. The summed E-state index contributed by atoms with van der Waals surface area (Å²) in [6.07, 6.45) is 9.41. The number of aromatic amines is 3. The van der Waals surface area contributed by atoms with Crippen molar-refractivity contribution in [1.82, 2.24) is 20.3 Å². The molecule has 9 nitrogen and oxygen atoms in total. The summed E-state index contributed by atoms with van der Waals surface area (Å²) in [6, 6.07) is 0. The van der Waals surface area contributed by atoms with E-state index in [1.807, 2.05) is 32.1 Å². The van der Waals surface area contributed by atoms with E-state index >= 15 is 0 Å². The van der Waals surface area contributed by atoms with Gasteiger partial charge in [0.1, 0.15) is 5.92 Å².